The lowest BCUT2D eigenvalue weighted by molar-refractivity contribution is -0.120. The van der Waals surface area contributed by atoms with Crippen LogP contribution in [0.2, 0.25) is 10.0 Å². The first-order valence-electron chi connectivity index (χ1n) is 9.04. The summed E-state index contributed by atoms with van der Waals surface area (Å²) in [6.07, 6.45) is 0.983. The third kappa shape index (κ3) is 5.06. The highest BCUT2D eigenvalue weighted by atomic mass is 35.5. The van der Waals surface area contributed by atoms with Gasteiger partial charge in [0, 0.05) is 34.7 Å². The maximum absolute atomic E-state index is 12.7. The summed E-state index contributed by atoms with van der Waals surface area (Å²) in [7, 11) is -3.51. The Balaban J connectivity index is 1.59. The number of halogens is 2. The second-order valence-electron chi connectivity index (χ2n) is 6.97. The molecule has 2 aromatic carbocycles. The van der Waals surface area contributed by atoms with Gasteiger partial charge in [0.15, 0.2) is 0 Å². The molecule has 0 unspecified atom stereocenters. The molecule has 0 saturated carbocycles. The van der Waals surface area contributed by atoms with Crippen LogP contribution in [-0.4, -0.2) is 31.7 Å². The number of piperidine rings is 1. The first-order chi connectivity index (χ1) is 13.3. The van der Waals surface area contributed by atoms with Crippen molar-refractivity contribution in [2.24, 2.45) is 5.92 Å². The highest BCUT2D eigenvalue weighted by Crippen LogP contribution is 2.27. The van der Waals surface area contributed by atoms with Crippen molar-refractivity contribution < 1.29 is 13.2 Å². The topological polar surface area (TPSA) is 66.5 Å². The Bertz CT molecular complexity index is 971. The van der Waals surface area contributed by atoms with Crippen LogP contribution in [0, 0.1) is 12.8 Å². The summed E-state index contributed by atoms with van der Waals surface area (Å²) in [5.41, 5.74) is 2.31. The monoisotopic (exact) mass is 440 g/mol. The number of carbonyl (C=O) groups is 1. The summed E-state index contributed by atoms with van der Waals surface area (Å²) >= 11 is 12.0. The summed E-state index contributed by atoms with van der Waals surface area (Å²) in [4.78, 5) is 12.5. The molecule has 0 spiro atoms. The molecule has 0 bridgehead atoms. The van der Waals surface area contributed by atoms with E-state index in [4.69, 9.17) is 23.2 Å². The minimum atomic E-state index is -3.51. The van der Waals surface area contributed by atoms with E-state index in [0.717, 1.165) is 11.3 Å². The zero-order valence-corrected chi connectivity index (χ0v) is 17.8. The number of rotatable bonds is 5. The molecule has 0 aromatic heterocycles. The fourth-order valence-electron chi connectivity index (χ4n) is 3.27. The van der Waals surface area contributed by atoms with E-state index >= 15 is 0 Å². The molecule has 0 atom stereocenters. The van der Waals surface area contributed by atoms with Crippen LogP contribution in [0.15, 0.2) is 42.5 Å². The molecule has 1 N–H and O–H groups in total. The van der Waals surface area contributed by atoms with Crippen LogP contribution in [0.4, 0.5) is 5.69 Å². The molecule has 3 rings (SSSR count). The lowest BCUT2D eigenvalue weighted by Gasteiger charge is -2.30. The zero-order chi connectivity index (χ0) is 20.3. The molecule has 1 fully saturated rings. The molecule has 1 saturated heterocycles. The maximum atomic E-state index is 12.7. The van der Waals surface area contributed by atoms with Crippen LogP contribution in [0.3, 0.4) is 0 Å². The molecule has 150 valence electrons. The van der Waals surface area contributed by atoms with Gasteiger partial charge in [-0.1, -0.05) is 47.5 Å². The molecule has 0 aliphatic carbocycles. The number of amides is 1. The van der Waals surface area contributed by atoms with E-state index in [2.05, 4.69) is 5.32 Å². The average Bonchev–Trinajstić information content (AvgIpc) is 2.66. The van der Waals surface area contributed by atoms with Crippen molar-refractivity contribution in [1.29, 1.82) is 0 Å². The summed E-state index contributed by atoms with van der Waals surface area (Å²) in [6, 6.07) is 12.4. The Kier molecular flexibility index (Phi) is 6.65. The van der Waals surface area contributed by atoms with Gasteiger partial charge in [-0.3, -0.25) is 4.79 Å². The maximum Gasteiger partial charge on any atom is 0.227 e. The molecule has 28 heavy (non-hydrogen) atoms. The van der Waals surface area contributed by atoms with Gasteiger partial charge in [0.25, 0.3) is 0 Å². The number of para-hydroxylation sites is 1. The lowest BCUT2D eigenvalue weighted by atomic mass is 9.97. The van der Waals surface area contributed by atoms with Crippen LogP contribution in [-0.2, 0) is 20.6 Å². The fraction of sp³-hybridized carbons (Fsp3) is 0.350. The largest absolute Gasteiger partial charge is 0.326 e. The quantitative estimate of drug-likeness (QED) is 0.744. The Hall–Kier alpha value is -1.60. The minimum absolute atomic E-state index is 0.0629. The average molecular weight is 441 g/mol. The van der Waals surface area contributed by atoms with E-state index in [1.165, 1.54) is 10.4 Å². The van der Waals surface area contributed by atoms with E-state index in [9.17, 15) is 13.2 Å². The van der Waals surface area contributed by atoms with Crippen molar-refractivity contribution in [1.82, 2.24) is 4.31 Å². The van der Waals surface area contributed by atoms with Crippen molar-refractivity contribution in [3.05, 3.63) is 63.6 Å². The van der Waals surface area contributed by atoms with Crippen LogP contribution >= 0.6 is 23.2 Å². The molecule has 2 aromatic rings. The first-order valence-corrected chi connectivity index (χ1v) is 11.4. The van der Waals surface area contributed by atoms with Gasteiger partial charge in [-0.05, 0) is 49.1 Å². The fourth-order valence-corrected chi connectivity index (χ4v) is 5.42. The summed E-state index contributed by atoms with van der Waals surface area (Å²) in [5.74, 6) is -0.444. The van der Waals surface area contributed by atoms with E-state index < -0.39 is 10.0 Å². The van der Waals surface area contributed by atoms with Crippen LogP contribution in [0.25, 0.3) is 0 Å². The number of hydrogen-bond donors (Lipinski definition) is 1. The van der Waals surface area contributed by atoms with Gasteiger partial charge in [-0.15, -0.1) is 0 Å². The summed E-state index contributed by atoms with van der Waals surface area (Å²) in [5, 5.41) is 3.75. The number of sulfonamides is 1. The molecule has 1 aliphatic heterocycles. The molecule has 1 amide bonds. The van der Waals surface area contributed by atoms with Crippen LogP contribution < -0.4 is 5.32 Å². The molecule has 1 heterocycles. The van der Waals surface area contributed by atoms with Crippen molar-refractivity contribution in [3.8, 4) is 0 Å². The van der Waals surface area contributed by atoms with Gasteiger partial charge < -0.3 is 5.32 Å². The van der Waals surface area contributed by atoms with E-state index in [1.807, 2.05) is 31.2 Å². The third-order valence-corrected chi connectivity index (χ3v) is 7.39. The van der Waals surface area contributed by atoms with E-state index in [0.29, 0.717) is 41.5 Å². The Morgan fingerprint density at radius 1 is 1.14 bits per heavy atom. The van der Waals surface area contributed by atoms with E-state index in [1.54, 1.807) is 12.1 Å². The number of anilines is 1. The molecule has 5 nitrogen and oxygen atoms in total. The normalized spacial score (nSPS) is 16.1. The predicted octanol–water partition coefficient (Wildman–Crippen LogP) is 4.48. The van der Waals surface area contributed by atoms with Gasteiger partial charge in [0.1, 0.15) is 0 Å². The number of aryl methyl sites for hydroxylation is 1. The Labute approximate surface area is 175 Å². The summed E-state index contributed by atoms with van der Waals surface area (Å²) < 4.78 is 26.9. The van der Waals surface area contributed by atoms with Gasteiger partial charge in [-0.2, -0.15) is 0 Å². The number of carbonyl (C=O) groups excluding carboxylic acids is 1. The minimum Gasteiger partial charge on any atom is -0.326 e. The molecular formula is C20H22Cl2N2O3S. The van der Waals surface area contributed by atoms with Crippen molar-refractivity contribution >= 4 is 44.8 Å². The van der Waals surface area contributed by atoms with Crippen molar-refractivity contribution in [3.63, 3.8) is 0 Å². The van der Waals surface area contributed by atoms with Gasteiger partial charge in [-0.25, -0.2) is 12.7 Å². The first kappa shape index (κ1) is 21.1. The number of nitrogens with zero attached hydrogens (tertiary/aromatic N) is 1. The highest BCUT2D eigenvalue weighted by molar-refractivity contribution is 7.88. The van der Waals surface area contributed by atoms with Gasteiger partial charge in [0.2, 0.25) is 15.9 Å². The summed E-state index contributed by atoms with van der Waals surface area (Å²) in [6.45, 7) is 2.57. The second-order valence-corrected chi connectivity index (χ2v) is 9.78. The molecule has 0 radical (unpaired) electrons. The van der Waals surface area contributed by atoms with Crippen LogP contribution in [0.1, 0.15) is 24.0 Å². The van der Waals surface area contributed by atoms with E-state index in [-0.39, 0.29) is 17.6 Å². The Morgan fingerprint density at radius 2 is 1.82 bits per heavy atom. The highest BCUT2D eigenvalue weighted by Gasteiger charge is 2.31. The number of benzene rings is 2. The van der Waals surface area contributed by atoms with Crippen molar-refractivity contribution in [2.75, 3.05) is 18.4 Å². The molecule has 8 heteroatoms. The third-order valence-electron chi connectivity index (χ3n) is 4.97. The zero-order valence-electron chi connectivity index (χ0n) is 15.5. The smallest absolute Gasteiger partial charge is 0.227 e. The number of nitrogens with one attached hydrogen (secondary N) is 1. The lowest BCUT2D eigenvalue weighted by Crippen LogP contribution is -2.42. The van der Waals surface area contributed by atoms with Crippen LogP contribution in [0.5, 0.6) is 0 Å². The Morgan fingerprint density at radius 3 is 2.46 bits per heavy atom. The molecule has 1 aliphatic rings. The standard InChI is InChI=1S/C20H22Cl2N2O3S/c1-14-4-2-3-5-19(14)23-20(25)15-8-10-24(11-9-15)28(26,27)13-16-6-7-17(21)12-18(16)22/h2-7,12,15H,8-11,13H2,1H3,(H,23,25). The van der Waals surface area contributed by atoms with Crippen molar-refractivity contribution in [2.45, 2.75) is 25.5 Å². The van der Waals surface area contributed by atoms with Gasteiger partial charge >= 0.3 is 0 Å². The number of hydrogen-bond acceptors (Lipinski definition) is 3. The second kappa shape index (κ2) is 8.82. The van der Waals surface area contributed by atoms with Gasteiger partial charge in [0.05, 0.1) is 5.75 Å². The SMILES string of the molecule is Cc1ccccc1NC(=O)C1CCN(S(=O)(=O)Cc2ccc(Cl)cc2Cl)CC1. The molecular weight excluding hydrogens is 419 g/mol. The predicted molar refractivity (Wildman–Crippen MR) is 113 cm³/mol.